The molecule has 1 aliphatic heterocycles. The van der Waals surface area contributed by atoms with Crippen LogP contribution in [0.5, 0.6) is 0 Å². The van der Waals surface area contributed by atoms with Crippen molar-refractivity contribution in [1.29, 1.82) is 0 Å². The van der Waals surface area contributed by atoms with Crippen molar-refractivity contribution in [2.75, 3.05) is 14.2 Å². The summed E-state index contributed by atoms with van der Waals surface area (Å²) in [5, 5.41) is 2.06. The van der Waals surface area contributed by atoms with Crippen LogP contribution in [0.2, 0.25) is 0 Å². The van der Waals surface area contributed by atoms with E-state index in [2.05, 4.69) is 16.0 Å². The van der Waals surface area contributed by atoms with E-state index >= 15 is 0 Å². The van der Waals surface area contributed by atoms with Gasteiger partial charge in [-0.25, -0.2) is 0 Å². The third kappa shape index (κ3) is 1.72. The number of nitrogens with zero attached hydrogens (tertiary/aromatic N) is 1. The highest BCUT2D eigenvalue weighted by molar-refractivity contribution is 5.18. The highest BCUT2D eigenvalue weighted by Gasteiger charge is 2.26. The predicted octanol–water partition coefficient (Wildman–Crippen LogP) is 1.13. The first-order valence-corrected chi connectivity index (χ1v) is 5.34. The van der Waals surface area contributed by atoms with Gasteiger partial charge in [-0.1, -0.05) is 12.8 Å². The molecule has 14 heavy (non-hydrogen) atoms. The van der Waals surface area contributed by atoms with E-state index in [0.29, 0.717) is 0 Å². The van der Waals surface area contributed by atoms with Gasteiger partial charge < -0.3 is 10.2 Å². The van der Waals surface area contributed by atoms with Gasteiger partial charge in [0.2, 0.25) is 0 Å². The molecule has 0 aromatic carbocycles. The highest BCUT2D eigenvalue weighted by Crippen LogP contribution is 2.26. The summed E-state index contributed by atoms with van der Waals surface area (Å²) in [7, 11) is 3.83. The van der Waals surface area contributed by atoms with Crippen LogP contribution in [0, 0.1) is 0 Å². The molecule has 0 saturated heterocycles. The molecule has 0 radical (unpaired) electrons. The third-order valence-electron chi connectivity index (χ3n) is 3.06. The maximum absolute atomic E-state index is 5.50. The SMILES string of the molecule is COC1CCCCCC2=C1NNN2C. The standard InChI is InChI=1S/C10H19N3O/c1-13-8-6-4-3-5-7-9(14-2)10(8)11-12-13/h9,11-12H,3-7H2,1-2H3. The zero-order valence-corrected chi connectivity index (χ0v) is 8.97. The average molecular weight is 197 g/mol. The summed E-state index contributed by atoms with van der Waals surface area (Å²) < 4.78 is 5.50. The topological polar surface area (TPSA) is 36.5 Å². The molecule has 0 saturated carbocycles. The van der Waals surface area contributed by atoms with E-state index in [4.69, 9.17) is 4.74 Å². The van der Waals surface area contributed by atoms with E-state index in [0.717, 1.165) is 12.8 Å². The first-order chi connectivity index (χ1) is 6.83. The number of allylic oxidation sites excluding steroid dienone is 1. The number of hydrogen-bond donors (Lipinski definition) is 2. The molecule has 4 nitrogen and oxygen atoms in total. The fourth-order valence-electron chi connectivity index (χ4n) is 2.21. The second kappa shape index (κ2) is 4.19. The fourth-order valence-corrected chi connectivity index (χ4v) is 2.21. The summed E-state index contributed by atoms with van der Waals surface area (Å²) in [6.07, 6.45) is 6.36. The molecular weight excluding hydrogens is 178 g/mol. The molecule has 0 fully saturated rings. The second-order valence-electron chi connectivity index (χ2n) is 3.98. The van der Waals surface area contributed by atoms with Gasteiger partial charge in [0.05, 0.1) is 17.5 Å². The van der Waals surface area contributed by atoms with Crippen molar-refractivity contribution in [3.05, 3.63) is 11.4 Å². The fraction of sp³-hybridized carbons (Fsp3) is 0.800. The molecule has 0 aromatic heterocycles. The first kappa shape index (κ1) is 9.80. The van der Waals surface area contributed by atoms with Crippen LogP contribution >= 0.6 is 0 Å². The molecule has 2 aliphatic rings. The molecule has 0 spiro atoms. The van der Waals surface area contributed by atoms with Gasteiger partial charge in [0, 0.05) is 14.2 Å². The smallest absolute Gasteiger partial charge is 0.0997 e. The Labute approximate surface area is 85.2 Å². The lowest BCUT2D eigenvalue weighted by Crippen LogP contribution is -2.36. The minimum Gasteiger partial charge on any atom is -0.375 e. The van der Waals surface area contributed by atoms with Crippen LogP contribution in [0.25, 0.3) is 0 Å². The van der Waals surface area contributed by atoms with Crippen molar-refractivity contribution in [2.45, 2.75) is 38.2 Å². The van der Waals surface area contributed by atoms with Gasteiger partial charge in [-0.2, -0.15) is 0 Å². The zero-order chi connectivity index (χ0) is 9.97. The van der Waals surface area contributed by atoms with Crippen molar-refractivity contribution >= 4 is 0 Å². The van der Waals surface area contributed by atoms with Gasteiger partial charge in [-0.15, -0.1) is 5.53 Å². The van der Waals surface area contributed by atoms with Crippen molar-refractivity contribution < 1.29 is 4.74 Å². The summed E-state index contributed by atoms with van der Waals surface area (Å²) >= 11 is 0. The minimum absolute atomic E-state index is 0.239. The van der Waals surface area contributed by atoms with Crippen LogP contribution in [0.15, 0.2) is 11.4 Å². The van der Waals surface area contributed by atoms with Crippen LogP contribution in [0.3, 0.4) is 0 Å². The molecule has 0 bridgehead atoms. The predicted molar refractivity (Wildman–Crippen MR) is 54.9 cm³/mol. The molecule has 1 unspecified atom stereocenters. The van der Waals surface area contributed by atoms with E-state index < -0.39 is 0 Å². The van der Waals surface area contributed by atoms with E-state index in [1.807, 2.05) is 7.05 Å². The Morgan fingerprint density at radius 1 is 1.36 bits per heavy atom. The maximum Gasteiger partial charge on any atom is 0.0997 e. The molecule has 0 amide bonds. The molecule has 4 heteroatoms. The normalized spacial score (nSPS) is 28.1. The Morgan fingerprint density at radius 2 is 2.21 bits per heavy atom. The van der Waals surface area contributed by atoms with Gasteiger partial charge in [-0.05, 0) is 19.3 Å². The second-order valence-corrected chi connectivity index (χ2v) is 3.98. The van der Waals surface area contributed by atoms with Gasteiger partial charge in [0.25, 0.3) is 0 Å². The number of methoxy groups -OCH3 is 1. The molecule has 2 N–H and O–H groups in total. The van der Waals surface area contributed by atoms with Gasteiger partial charge in [-0.3, -0.25) is 5.01 Å². The lowest BCUT2D eigenvalue weighted by Gasteiger charge is -2.21. The van der Waals surface area contributed by atoms with Crippen LogP contribution in [0.4, 0.5) is 0 Å². The number of hydrazine groups is 2. The van der Waals surface area contributed by atoms with Crippen LogP contribution < -0.4 is 11.0 Å². The first-order valence-electron chi connectivity index (χ1n) is 5.34. The molecule has 0 aromatic rings. The van der Waals surface area contributed by atoms with E-state index in [9.17, 15) is 0 Å². The molecule has 1 atom stereocenters. The number of rotatable bonds is 1. The summed E-state index contributed by atoms with van der Waals surface area (Å²) in [5.74, 6) is 0. The minimum atomic E-state index is 0.239. The van der Waals surface area contributed by atoms with E-state index in [-0.39, 0.29) is 6.10 Å². The Morgan fingerprint density at radius 3 is 3.00 bits per heavy atom. The number of hydrogen-bond acceptors (Lipinski definition) is 4. The Kier molecular flexibility index (Phi) is 2.93. The molecule has 1 aliphatic carbocycles. The molecule has 2 rings (SSSR count). The largest absolute Gasteiger partial charge is 0.375 e. The lowest BCUT2D eigenvalue weighted by atomic mass is 9.99. The van der Waals surface area contributed by atoms with Crippen molar-refractivity contribution in [3.63, 3.8) is 0 Å². The van der Waals surface area contributed by atoms with Gasteiger partial charge >= 0.3 is 0 Å². The van der Waals surface area contributed by atoms with Crippen molar-refractivity contribution in [3.8, 4) is 0 Å². The Bertz CT molecular complexity index is 240. The quantitative estimate of drug-likeness (QED) is 0.661. The number of ether oxygens (including phenoxy) is 1. The summed E-state index contributed by atoms with van der Waals surface area (Å²) in [4.78, 5) is 0. The monoisotopic (exact) mass is 197 g/mol. The highest BCUT2D eigenvalue weighted by atomic mass is 16.5. The Balaban J connectivity index is 2.20. The van der Waals surface area contributed by atoms with Crippen molar-refractivity contribution in [2.24, 2.45) is 0 Å². The zero-order valence-electron chi connectivity index (χ0n) is 8.97. The molecule has 1 heterocycles. The summed E-state index contributed by atoms with van der Waals surface area (Å²) in [6.45, 7) is 0. The van der Waals surface area contributed by atoms with Gasteiger partial charge in [0.15, 0.2) is 0 Å². The van der Waals surface area contributed by atoms with Gasteiger partial charge in [0.1, 0.15) is 0 Å². The van der Waals surface area contributed by atoms with Crippen LogP contribution in [-0.4, -0.2) is 25.3 Å². The average Bonchev–Trinajstić information content (AvgIpc) is 2.48. The summed E-state index contributed by atoms with van der Waals surface area (Å²) in [5.41, 5.74) is 8.91. The van der Waals surface area contributed by atoms with Crippen LogP contribution in [0.1, 0.15) is 32.1 Å². The molecule has 80 valence electrons. The molecular formula is C10H19N3O. The van der Waals surface area contributed by atoms with E-state index in [1.165, 1.54) is 30.7 Å². The van der Waals surface area contributed by atoms with E-state index in [1.54, 1.807) is 7.11 Å². The third-order valence-corrected chi connectivity index (χ3v) is 3.06. The maximum atomic E-state index is 5.50. The Hall–Kier alpha value is -0.740. The lowest BCUT2D eigenvalue weighted by molar-refractivity contribution is 0.114. The number of nitrogens with one attached hydrogen (secondary N) is 2. The van der Waals surface area contributed by atoms with Crippen LogP contribution in [-0.2, 0) is 4.74 Å². The summed E-state index contributed by atoms with van der Waals surface area (Å²) in [6, 6.07) is 0. The van der Waals surface area contributed by atoms with Crippen molar-refractivity contribution in [1.82, 2.24) is 16.0 Å².